The maximum atomic E-state index is 11.2. The van der Waals surface area contributed by atoms with Gasteiger partial charge in [-0.3, -0.25) is 4.79 Å². The van der Waals surface area contributed by atoms with Crippen molar-refractivity contribution >= 4 is 12.4 Å². The fourth-order valence-electron chi connectivity index (χ4n) is 1.62. The van der Waals surface area contributed by atoms with E-state index >= 15 is 0 Å². The number of hydrogen-bond donors (Lipinski definition) is 2. The zero-order valence-electron chi connectivity index (χ0n) is 9.14. The molecule has 1 amide bonds. The second kappa shape index (κ2) is 5.30. The number of carboxylic acids is 1. The van der Waals surface area contributed by atoms with Crippen LogP contribution in [0.4, 0.5) is 0 Å². The van der Waals surface area contributed by atoms with Gasteiger partial charge in [0.15, 0.2) is 0 Å². The Morgan fingerprint density at radius 2 is 2.06 bits per heavy atom. The Balaban J connectivity index is 2.94. The zero-order valence-corrected chi connectivity index (χ0v) is 9.14. The predicted octanol–water partition coefficient (Wildman–Crippen LogP) is 1.21. The van der Waals surface area contributed by atoms with E-state index in [0.717, 1.165) is 5.56 Å². The van der Waals surface area contributed by atoms with Crippen molar-refractivity contribution in [3.05, 3.63) is 35.9 Å². The first-order chi connectivity index (χ1) is 7.64. The topological polar surface area (TPSA) is 66.4 Å². The number of rotatable bonds is 6. The van der Waals surface area contributed by atoms with Crippen LogP contribution in [0.3, 0.4) is 0 Å². The van der Waals surface area contributed by atoms with Gasteiger partial charge in [-0.1, -0.05) is 37.3 Å². The Morgan fingerprint density at radius 3 is 2.50 bits per heavy atom. The lowest BCUT2D eigenvalue weighted by atomic mass is 9.88. The number of carboxylic acid groups (broad SMARTS) is 1. The van der Waals surface area contributed by atoms with Gasteiger partial charge in [-0.25, -0.2) is 4.79 Å². The maximum Gasteiger partial charge on any atom is 0.329 e. The first-order valence-electron chi connectivity index (χ1n) is 5.13. The van der Waals surface area contributed by atoms with Crippen molar-refractivity contribution in [1.29, 1.82) is 0 Å². The Kier molecular flexibility index (Phi) is 4.05. The molecule has 0 heterocycles. The maximum absolute atomic E-state index is 11.2. The number of benzene rings is 1. The van der Waals surface area contributed by atoms with E-state index in [0.29, 0.717) is 19.3 Å². The molecule has 1 atom stereocenters. The minimum Gasteiger partial charge on any atom is -0.479 e. The molecular formula is C12H15NO3. The molecular weight excluding hydrogens is 206 g/mol. The van der Waals surface area contributed by atoms with Crippen LogP contribution in [0, 0.1) is 0 Å². The highest BCUT2D eigenvalue weighted by molar-refractivity contribution is 5.81. The largest absolute Gasteiger partial charge is 0.479 e. The number of nitrogens with one attached hydrogen (secondary N) is 1. The Labute approximate surface area is 94.3 Å². The van der Waals surface area contributed by atoms with E-state index in [1.54, 1.807) is 6.92 Å². The molecule has 0 aliphatic heterocycles. The molecule has 0 aromatic heterocycles. The lowest BCUT2D eigenvalue weighted by Crippen LogP contribution is -2.52. The van der Waals surface area contributed by atoms with Crippen molar-refractivity contribution in [1.82, 2.24) is 5.32 Å². The molecule has 1 rings (SSSR count). The van der Waals surface area contributed by atoms with Crippen LogP contribution in [-0.4, -0.2) is 23.0 Å². The molecule has 2 N–H and O–H groups in total. The number of amides is 1. The van der Waals surface area contributed by atoms with Gasteiger partial charge >= 0.3 is 5.97 Å². The minimum absolute atomic E-state index is 0.290. The second-order valence-corrected chi connectivity index (χ2v) is 3.67. The fourth-order valence-corrected chi connectivity index (χ4v) is 1.62. The van der Waals surface area contributed by atoms with Crippen LogP contribution in [0.25, 0.3) is 0 Å². The van der Waals surface area contributed by atoms with Gasteiger partial charge in [0.25, 0.3) is 0 Å². The molecule has 0 saturated heterocycles. The van der Waals surface area contributed by atoms with Crippen molar-refractivity contribution in [3.8, 4) is 0 Å². The normalized spacial score (nSPS) is 13.8. The van der Waals surface area contributed by atoms with E-state index in [1.807, 2.05) is 30.3 Å². The van der Waals surface area contributed by atoms with E-state index in [9.17, 15) is 14.7 Å². The standard InChI is InChI=1S/C12H15NO3/c1-2-12(11(15)16,13-9-14)8-10-6-4-3-5-7-10/h3-7,9H,2,8H2,1H3,(H,13,14)(H,15,16). The van der Waals surface area contributed by atoms with Crippen molar-refractivity contribution in [2.24, 2.45) is 0 Å². The van der Waals surface area contributed by atoms with Gasteiger partial charge in [0.1, 0.15) is 5.54 Å². The first kappa shape index (κ1) is 12.2. The summed E-state index contributed by atoms with van der Waals surface area (Å²) in [5, 5.41) is 11.6. The predicted molar refractivity (Wildman–Crippen MR) is 60.0 cm³/mol. The molecule has 0 spiro atoms. The summed E-state index contributed by atoms with van der Waals surface area (Å²) in [6, 6.07) is 9.25. The fraction of sp³-hybridized carbons (Fsp3) is 0.333. The number of aliphatic carboxylic acids is 1. The van der Waals surface area contributed by atoms with Gasteiger partial charge in [-0.2, -0.15) is 0 Å². The summed E-state index contributed by atoms with van der Waals surface area (Å²) < 4.78 is 0. The molecule has 4 heteroatoms. The Bertz CT molecular complexity index is 364. The molecule has 16 heavy (non-hydrogen) atoms. The SMILES string of the molecule is CCC(Cc1ccccc1)(NC=O)C(=O)O. The third-order valence-corrected chi connectivity index (χ3v) is 2.70. The zero-order chi connectivity index (χ0) is 12.0. The summed E-state index contributed by atoms with van der Waals surface area (Å²) in [6.07, 6.45) is 1.08. The summed E-state index contributed by atoms with van der Waals surface area (Å²) in [4.78, 5) is 21.7. The monoisotopic (exact) mass is 221 g/mol. The summed E-state index contributed by atoms with van der Waals surface area (Å²) in [6.45, 7) is 1.74. The third-order valence-electron chi connectivity index (χ3n) is 2.70. The second-order valence-electron chi connectivity index (χ2n) is 3.67. The average Bonchev–Trinajstić information content (AvgIpc) is 2.29. The van der Waals surface area contributed by atoms with Crippen LogP contribution >= 0.6 is 0 Å². The van der Waals surface area contributed by atoms with Crippen LogP contribution in [0.5, 0.6) is 0 Å². The molecule has 1 unspecified atom stereocenters. The third kappa shape index (κ3) is 2.59. The first-order valence-corrected chi connectivity index (χ1v) is 5.13. The van der Waals surface area contributed by atoms with Gasteiger partial charge in [-0.15, -0.1) is 0 Å². The van der Waals surface area contributed by atoms with E-state index in [2.05, 4.69) is 5.32 Å². The molecule has 0 bridgehead atoms. The highest BCUT2D eigenvalue weighted by Gasteiger charge is 2.36. The van der Waals surface area contributed by atoms with Gasteiger partial charge in [-0.05, 0) is 12.0 Å². The molecule has 0 fully saturated rings. The Hall–Kier alpha value is -1.84. The van der Waals surface area contributed by atoms with Crippen LogP contribution < -0.4 is 5.32 Å². The molecule has 86 valence electrons. The summed E-state index contributed by atoms with van der Waals surface area (Å²) in [5.41, 5.74) is -0.315. The van der Waals surface area contributed by atoms with E-state index < -0.39 is 11.5 Å². The average molecular weight is 221 g/mol. The minimum atomic E-state index is -1.21. The van der Waals surface area contributed by atoms with Crippen molar-refractivity contribution in [2.75, 3.05) is 0 Å². The van der Waals surface area contributed by atoms with Crippen molar-refractivity contribution in [3.63, 3.8) is 0 Å². The van der Waals surface area contributed by atoms with Crippen molar-refractivity contribution in [2.45, 2.75) is 25.3 Å². The van der Waals surface area contributed by atoms with Crippen LogP contribution in [0.1, 0.15) is 18.9 Å². The lowest BCUT2D eigenvalue weighted by Gasteiger charge is -2.27. The van der Waals surface area contributed by atoms with Gasteiger partial charge in [0.05, 0.1) is 0 Å². The molecule has 0 saturated carbocycles. The smallest absolute Gasteiger partial charge is 0.329 e. The molecule has 1 aromatic carbocycles. The molecule has 0 radical (unpaired) electrons. The molecule has 0 aliphatic carbocycles. The summed E-state index contributed by atoms with van der Waals surface area (Å²) in [7, 11) is 0. The van der Waals surface area contributed by atoms with E-state index in [1.165, 1.54) is 0 Å². The van der Waals surface area contributed by atoms with Gasteiger partial charge in [0, 0.05) is 6.42 Å². The summed E-state index contributed by atoms with van der Waals surface area (Å²) in [5.74, 6) is -1.01. The van der Waals surface area contributed by atoms with Crippen LogP contribution in [0.15, 0.2) is 30.3 Å². The lowest BCUT2D eigenvalue weighted by molar-refractivity contribution is -0.146. The molecule has 1 aromatic rings. The highest BCUT2D eigenvalue weighted by Crippen LogP contribution is 2.17. The number of carbonyl (C=O) groups excluding carboxylic acids is 1. The van der Waals surface area contributed by atoms with E-state index in [4.69, 9.17) is 0 Å². The highest BCUT2D eigenvalue weighted by atomic mass is 16.4. The number of carbonyl (C=O) groups is 2. The van der Waals surface area contributed by atoms with E-state index in [-0.39, 0.29) is 0 Å². The summed E-state index contributed by atoms with van der Waals surface area (Å²) >= 11 is 0. The number of hydrogen-bond acceptors (Lipinski definition) is 2. The molecule has 4 nitrogen and oxygen atoms in total. The van der Waals surface area contributed by atoms with Crippen LogP contribution in [-0.2, 0) is 16.0 Å². The quantitative estimate of drug-likeness (QED) is 0.709. The Morgan fingerprint density at radius 1 is 1.44 bits per heavy atom. The van der Waals surface area contributed by atoms with Gasteiger partial charge < -0.3 is 10.4 Å². The molecule has 0 aliphatic rings. The van der Waals surface area contributed by atoms with Gasteiger partial charge in [0.2, 0.25) is 6.41 Å². The van der Waals surface area contributed by atoms with Crippen molar-refractivity contribution < 1.29 is 14.7 Å². The van der Waals surface area contributed by atoms with Crippen LogP contribution in [0.2, 0.25) is 0 Å².